The Balaban J connectivity index is 1.92. The van der Waals surface area contributed by atoms with E-state index < -0.39 is 5.60 Å². The van der Waals surface area contributed by atoms with E-state index in [2.05, 4.69) is 6.07 Å². The van der Waals surface area contributed by atoms with Crippen LogP contribution in [-0.2, 0) is 12.0 Å². The summed E-state index contributed by atoms with van der Waals surface area (Å²) in [4.78, 5) is 0. The van der Waals surface area contributed by atoms with Crippen molar-refractivity contribution in [2.75, 3.05) is 0 Å². The van der Waals surface area contributed by atoms with Crippen LogP contribution in [0.4, 0.5) is 0 Å². The highest BCUT2D eigenvalue weighted by molar-refractivity contribution is 5.78. The van der Waals surface area contributed by atoms with Gasteiger partial charge >= 0.3 is 0 Å². The number of para-hydroxylation sites is 1. The highest BCUT2D eigenvalue weighted by Crippen LogP contribution is 2.41. The Labute approximate surface area is 124 Å². The molecule has 4 rings (SSSR count). The van der Waals surface area contributed by atoms with Crippen molar-refractivity contribution in [1.29, 1.82) is 0 Å². The van der Waals surface area contributed by atoms with Crippen molar-refractivity contribution in [2.24, 2.45) is 0 Å². The summed E-state index contributed by atoms with van der Waals surface area (Å²) in [6.45, 7) is 0. The van der Waals surface area contributed by atoms with Gasteiger partial charge in [0, 0.05) is 5.39 Å². The van der Waals surface area contributed by atoms with E-state index >= 15 is 0 Å². The summed E-state index contributed by atoms with van der Waals surface area (Å²) in [6.07, 6.45) is 3.85. The number of fused-ring (bicyclic) bond motifs is 2. The standard InChI is InChI=1S/C19H18O2/c20-19(18-13-15-9-2-4-11-17(15)21-18)12-6-5-8-14-7-1-3-10-16(14)19/h1-4,7,9-11,13,20H,5-6,8,12H2. The minimum Gasteiger partial charge on any atom is -0.458 e. The maximum absolute atomic E-state index is 11.4. The lowest BCUT2D eigenvalue weighted by Gasteiger charge is -2.26. The molecule has 1 N–H and O–H groups in total. The third-order valence-corrected chi connectivity index (χ3v) is 4.53. The van der Waals surface area contributed by atoms with E-state index in [4.69, 9.17) is 4.42 Å². The van der Waals surface area contributed by atoms with Crippen LogP contribution in [0.5, 0.6) is 0 Å². The Morgan fingerprint density at radius 3 is 2.67 bits per heavy atom. The fourth-order valence-corrected chi connectivity index (χ4v) is 3.41. The summed E-state index contributed by atoms with van der Waals surface area (Å²) in [5, 5.41) is 12.4. The SMILES string of the molecule is OC1(c2cc3ccccc3o2)CCCCc2ccccc21. The maximum Gasteiger partial charge on any atom is 0.147 e. The van der Waals surface area contributed by atoms with Gasteiger partial charge in [-0.05, 0) is 48.9 Å². The molecular formula is C19H18O2. The van der Waals surface area contributed by atoms with Crippen LogP contribution in [0.2, 0.25) is 0 Å². The van der Waals surface area contributed by atoms with Crippen molar-refractivity contribution in [3.05, 3.63) is 71.5 Å². The molecule has 3 aromatic rings. The van der Waals surface area contributed by atoms with Crippen LogP contribution in [0.25, 0.3) is 11.0 Å². The second-order valence-electron chi connectivity index (χ2n) is 5.87. The van der Waals surface area contributed by atoms with Crippen LogP contribution < -0.4 is 0 Å². The monoisotopic (exact) mass is 278 g/mol. The summed E-state index contributed by atoms with van der Waals surface area (Å²) in [7, 11) is 0. The zero-order valence-electron chi connectivity index (χ0n) is 11.9. The molecule has 2 heteroatoms. The molecule has 0 saturated carbocycles. The summed E-state index contributed by atoms with van der Waals surface area (Å²) in [6, 6.07) is 18.1. The van der Waals surface area contributed by atoms with Gasteiger partial charge in [-0.25, -0.2) is 0 Å². The predicted molar refractivity (Wildman–Crippen MR) is 83.2 cm³/mol. The van der Waals surface area contributed by atoms with Crippen molar-refractivity contribution in [2.45, 2.75) is 31.3 Å². The smallest absolute Gasteiger partial charge is 0.147 e. The molecule has 1 heterocycles. The topological polar surface area (TPSA) is 33.4 Å². The number of aliphatic hydroxyl groups is 1. The molecule has 21 heavy (non-hydrogen) atoms. The zero-order chi connectivity index (χ0) is 14.3. The van der Waals surface area contributed by atoms with Gasteiger partial charge in [0.15, 0.2) is 0 Å². The third kappa shape index (κ3) is 1.98. The average Bonchev–Trinajstić information content (AvgIpc) is 2.89. The number of hydrogen-bond donors (Lipinski definition) is 1. The number of rotatable bonds is 1. The predicted octanol–water partition coefficient (Wildman–Crippen LogP) is 4.40. The Bertz CT molecular complexity index is 754. The minimum atomic E-state index is -1.01. The highest BCUT2D eigenvalue weighted by Gasteiger charge is 2.37. The summed E-state index contributed by atoms with van der Waals surface area (Å²) in [5.41, 5.74) is 2.06. The Morgan fingerprint density at radius 1 is 0.952 bits per heavy atom. The molecule has 0 amide bonds. The van der Waals surface area contributed by atoms with E-state index in [1.165, 1.54) is 5.56 Å². The minimum absolute atomic E-state index is 0.665. The molecule has 2 nitrogen and oxygen atoms in total. The van der Waals surface area contributed by atoms with Crippen LogP contribution >= 0.6 is 0 Å². The normalized spacial score (nSPS) is 22.0. The Morgan fingerprint density at radius 2 is 1.76 bits per heavy atom. The summed E-state index contributed by atoms with van der Waals surface area (Å²) < 4.78 is 5.97. The van der Waals surface area contributed by atoms with Crippen molar-refractivity contribution in [3.63, 3.8) is 0 Å². The second-order valence-corrected chi connectivity index (χ2v) is 5.87. The molecule has 0 radical (unpaired) electrons. The number of aryl methyl sites for hydroxylation is 1. The van der Waals surface area contributed by atoms with Crippen LogP contribution in [0, 0.1) is 0 Å². The van der Waals surface area contributed by atoms with Gasteiger partial charge in [-0.15, -0.1) is 0 Å². The zero-order valence-corrected chi connectivity index (χ0v) is 11.9. The van der Waals surface area contributed by atoms with Gasteiger partial charge < -0.3 is 9.52 Å². The first kappa shape index (κ1) is 12.7. The van der Waals surface area contributed by atoms with E-state index in [1.807, 2.05) is 48.5 Å². The van der Waals surface area contributed by atoms with E-state index in [9.17, 15) is 5.11 Å². The van der Waals surface area contributed by atoms with Crippen LogP contribution in [0.15, 0.2) is 59.0 Å². The third-order valence-electron chi connectivity index (χ3n) is 4.53. The van der Waals surface area contributed by atoms with Gasteiger partial charge in [0.25, 0.3) is 0 Å². The van der Waals surface area contributed by atoms with E-state index in [0.29, 0.717) is 12.2 Å². The lowest BCUT2D eigenvalue weighted by molar-refractivity contribution is 0.0488. The van der Waals surface area contributed by atoms with Gasteiger partial charge in [-0.3, -0.25) is 0 Å². The van der Waals surface area contributed by atoms with Gasteiger partial charge in [0.05, 0.1) is 0 Å². The first-order valence-corrected chi connectivity index (χ1v) is 7.57. The summed E-state index contributed by atoms with van der Waals surface area (Å²) in [5.74, 6) is 0.665. The van der Waals surface area contributed by atoms with Gasteiger partial charge in [-0.2, -0.15) is 0 Å². The first-order valence-electron chi connectivity index (χ1n) is 7.57. The van der Waals surface area contributed by atoms with Gasteiger partial charge in [0.2, 0.25) is 0 Å². The molecule has 106 valence electrons. The fourth-order valence-electron chi connectivity index (χ4n) is 3.41. The lowest BCUT2D eigenvalue weighted by atomic mass is 9.86. The fraction of sp³-hybridized carbons (Fsp3) is 0.263. The van der Waals surface area contributed by atoms with E-state index in [-0.39, 0.29) is 0 Å². The highest BCUT2D eigenvalue weighted by atomic mass is 16.4. The molecule has 1 aliphatic rings. The van der Waals surface area contributed by atoms with Crippen molar-refractivity contribution in [3.8, 4) is 0 Å². The number of furan rings is 1. The average molecular weight is 278 g/mol. The van der Waals surface area contributed by atoms with Crippen molar-refractivity contribution < 1.29 is 9.52 Å². The molecule has 1 unspecified atom stereocenters. The largest absolute Gasteiger partial charge is 0.458 e. The molecule has 1 aromatic heterocycles. The second kappa shape index (κ2) is 4.74. The Hall–Kier alpha value is -2.06. The molecule has 1 atom stereocenters. The molecule has 0 aliphatic heterocycles. The van der Waals surface area contributed by atoms with Gasteiger partial charge in [0.1, 0.15) is 16.9 Å². The molecule has 2 aromatic carbocycles. The van der Waals surface area contributed by atoms with E-state index in [1.54, 1.807) is 0 Å². The molecule has 0 spiro atoms. The quantitative estimate of drug-likeness (QED) is 0.669. The summed E-state index contributed by atoms with van der Waals surface area (Å²) >= 11 is 0. The van der Waals surface area contributed by atoms with Crippen LogP contribution in [0.3, 0.4) is 0 Å². The lowest BCUT2D eigenvalue weighted by Crippen LogP contribution is -2.26. The number of benzene rings is 2. The van der Waals surface area contributed by atoms with Gasteiger partial charge in [-0.1, -0.05) is 42.5 Å². The van der Waals surface area contributed by atoms with Crippen LogP contribution in [0.1, 0.15) is 36.1 Å². The molecular weight excluding hydrogens is 260 g/mol. The van der Waals surface area contributed by atoms with E-state index in [0.717, 1.165) is 35.8 Å². The number of hydrogen-bond acceptors (Lipinski definition) is 2. The van der Waals surface area contributed by atoms with Crippen LogP contribution in [-0.4, -0.2) is 5.11 Å². The molecule has 0 fully saturated rings. The Kier molecular flexibility index (Phi) is 2.86. The molecule has 0 bridgehead atoms. The molecule has 0 saturated heterocycles. The van der Waals surface area contributed by atoms with Crippen molar-refractivity contribution >= 4 is 11.0 Å². The maximum atomic E-state index is 11.4. The first-order chi connectivity index (χ1) is 10.3. The van der Waals surface area contributed by atoms with Crippen molar-refractivity contribution in [1.82, 2.24) is 0 Å². The molecule has 1 aliphatic carbocycles.